The first-order valence-electron chi connectivity index (χ1n) is 21.5. The summed E-state index contributed by atoms with van der Waals surface area (Å²) in [6.45, 7) is 23.5. The summed E-state index contributed by atoms with van der Waals surface area (Å²) in [6, 6.07) is 42.5. The van der Waals surface area contributed by atoms with Crippen molar-refractivity contribution in [2.45, 2.75) is 85.5 Å². The summed E-state index contributed by atoms with van der Waals surface area (Å²) in [5.74, 6) is 0. The Hall–Kier alpha value is -5.35. The molecule has 0 N–H and O–H groups in total. The van der Waals surface area contributed by atoms with Crippen molar-refractivity contribution < 1.29 is 8.98 Å². The fourth-order valence-electron chi connectivity index (χ4n) is 10.0. The second-order valence-corrected chi connectivity index (χ2v) is 22.9. The van der Waals surface area contributed by atoms with Crippen molar-refractivity contribution in [3.63, 3.8) is 0 Å². The molecule has 0 saturated carbocycles. The van der Waals surface area contributed by atoms with Crippen LogP contribution >= 0.6 is 0 Å². The third-order valence-corrected chi connectivity index (χ3v) is 15.9. The second-order valence-electron chi connectivity index (χ2n) is 20.6. The van der Waals surface area contributed by atoms with E-state index in [-0.39, 0.29) is 37.9 Å². The van der Waals surface area contributed by atoms with Crippen LogP contribution in [0, 0.1) is 6.92 Å². The van der Waals surface area contributed by atoms with Gasteiger partial charge in [-0.3, -0.25) is 0 Å². The predicted molar refractivity (Wildman–Crippen MR) is 257 cm³/mol. The topological polar surface area (TPSA) is 21.9 Å². The van der Waals surface area contributed by atoms with Gasteiger partial charge in [0.05, 0.1) is 0 Å². The predicted octanol–water partition coefficient (Wildman–Crippen LogP) is 9.84. The maximum absolute atomic E-state index is 6.92. The molecule has 0 fully saturated rings. The first kappa shape index (κ1) is 37.6. The molecule has 3 nitrogen and oxygen atoms in total. The summed E-state index contributed by atoms with van der Waals surface area (Å²) in [4.78, 5) is 0. The zero-order valence-electron chi connectivity index (χ0n) is 36.8. The van der Waals surface area contributed by atoms with Crippen LogP contribution in [-0.4, -0.2) is 26.2 Å². The van der Waals surface area contributed by atoms with E-state index in [4.69, 9.17) is 4.42 Å². The summed E-state index contributed by atoms with van der Waals surface area (Å²) >= 11 is 0.129. The molecule has 3 aromatic heterocycles. The number of pyridine rings is 1. The average Bonchev–Trinajstić information content (AvgIpc) is 3.73. The third-order valence-electron chi connectivity index (χ3n) is 13.5. The molecule has 0 aliphatic carbocycles. The number of aryl methyl sites for hydroxylation is 2. The van der Waals surface area contributed by atoms with Gasteiger partial charge in [0.15, 0.2) is 0 Å². The molecule has 6 aromatic carbocycles. The van der Waals surface area contributed by atoms with Crippen LogP contribution in [0.2, 0.25) is 0 Å². The van der Waals surface area contributed by atoms with Crippen LogP contribution < -0.4 is 29.9 Å². The Morgan fingerprint density at radius 2 is 1.30 bits per heavy atom. The van der Waals surface area contributed by atoms with Crippen molar-refractivity contribution in [2.75, 3.05) is 0 Å². The summed E-state index contributed by atoms with van der Waals surface area (Å²) in [7, 11) is 2.11. The summed E-state index contributed by atoms with van der Waals surface area (Å²) in [6.07, 6.45) is 2.11. The molecular formula is C55H52BN2OSe+. The Labute approximate surface area is 360 Å². The Balaban J connectivity index is 1.20. The summed E-state index contributed by atoms with van der Waals surface area (Å²) < 4.78 is 14.7. The van der Waals surface area contributed by atoms with E-state index >= 15 is 0 Å². The minimum atomic E-state index is -0.00404. The molecule has 0 atom stereocenters. The zero-order chi connectivity index (χ0) is 41.8. The molecule has 0 saturated heterocycles. The zero-order valence-corrected chi connectivity index (χ0v) is 38.5. The number of fused-ring (bicyclic) bond motifs is 10. The monoisotopic (exact) mass is 847 g/mol. The van der Waals surface area contributed by atoms with Gasteiger partial charge in [-0.1, -0.05) is 0 Å². The van der Waals surface area contributed by atoms with E-state index in [1.54, 1.807) is 0 Å². The van der Waals surface area contributed by atoms with Gasteiger partial charge in [0.1, 0.15) is 0 Å². The second kappa shape index (κ2) is 12.6. The van der Waals surface area contributed by atoms with Crippen molar-refractivity contribution in [3.8, 4) is 28.1 Å². The molecule has 0 amide bonds. The quantitative estimate of drug-likeness (QED) is 0.126. The number of hydrogen-bond acceptors (Lipinski definition) is 1. The Morgan fingerprint density at radius 3 is 2.05 bits per heavy atom. The molecule has 0 radical (unpaired) electrons. The van der Waals surface area contributed by atoms with Gasteiger partial charge in [0.2, 0.25) is 0 Å². The normalized spacial score (nSPS) is 13.8. The number of nitrogens with zero attached hydrogens (tertiary/aromatic N) is 2. The van der Waals surface area contributed by atoms with Crippen LogP contribution in [0.25, 0.3) is 71.8 Å². The van der Waals surface area contributed by atoms with E-state index in [1.165, 1.54) is 86.2 Å². The molecule has 0 bridgehead atoms. The first-order chi connectivity index (χ1) is 28.5. The van der Waals surface area contributed by atoms with E-state index < -0.39 is 0 Å². The van der Waals surface area contributed by atoms with E-state index in [9.17, 15) is 0 Å². The molecule has 2 aliphatic rings. The molecule has 2 aliphatic heterocycles. The van der Waals surface area contributed by atoms with E-state index in [0.717, 1.165) is 33.2 Å². The fraction of sp³-hybridized carbons (Fsp3) is 0.255. The van der Waals surface area contributed by atoms with Gasteiger partial charge in [-0.2, -0.15) is 0 Å². The van der Waals surface area contributed by atoms with Gasteiger partial charge in [0.25, 0.3) is 0 Å². The number of furan rings is 1. The number of hydrogen-bond donors (Lipinski definition) is 0. The SMILES string of the molecule is Cc1ccc2c(oc3cc(-c4cc5c6c(c4)-n4c7ccc(C(C)(C)C)cc7c7cc(C(C)(C)C)cc(c74)B6c4cc(C(C)(C)C)ccc4[Se]5)ccc32)c1-c1cccc[n+]1C. The van der Waals surface area contributed by atoms with Crippen molar-refractivity contribution >= 4 is 90.7 Å². The van der Waals surface area contributed by atoms with Crippen LogP contribution in [0.15, 0.2) is 120 Å². The Bertz CT molecular complexity index is 3320. The van der Waals surface area contributed by atoms with Crippen molar-refractivity contribution in [1.82, 2.24) is 4.57 Å². The van der Waals surface area contributed by atoms with Gasteiger partial charge < -0.3 is 0 Å². The van der Waals surface area contributed by atoms with E-state index in [2.05, 4.69) is 201 Å². The van der Waals surface area contributed by atoms with Crippen LogP contribution in [0.3, 0.4) is 0 Å². The van der Waals surface area contributed by atoms with E-state index in [0.29, 0.717) is 0 Å². The van der Waals surface area contributed by atoms with Crippen molar-refractivity contribution in [2.24, 2.45) is 7.05 Å². The fourth-order valence-corrected chi connectivity index (χ4v) is 12.5. The third kappa shape index (κ3) is 5.51. The van der Waals surface area contributed by atoms with Crippen LogP contribution in [0.1, 0.15) is 84.6 Å². The first-order valence-corrected chi connectivity index (χ1v) is 23.2. The minimum absolute atomic E-state index is 0.00404. The molecule has 60 heavy (non-hydrogen) atoms. The summed E-state index contributed by atoms with van der Waals surface area (Å²) in [5, 5.41) is 5.01. The molecule has 0 unspecified atom stereocenters. The molecule has 0 spiro atoms. The summed E-state index contributed by atoms with van der Waals surface area (Å²) in [5.41, 5.74) is 20.4. The van der Waals surface area contributed by atoms with Crippen LogP contribution in [-0.2, 0) is 23.3 Å². The van der Waals surface area contributed by atoms with Gasteiger partial charge in [0, 0.05) is 6.07 Å². The molecule has 9 aromatic rings. The van der Waals surface area contributed by atoms with E-state index in [1.807, 2.05) is 0 Å². The van der Waals surface area contributed by atoms with Crippen molar-refractivity contribution in [1.29, 1.82) is 0 Å². The molecular weight excluding hydrogens is 794 g/mol. The van der Waals surface area contributed by atoms with Gasteiger partial charge >= 0.3 is 356 Å². The number of benzene rings is 6. The Kier molecular flexibility index (Phi) is 7.90. The molecule has 296 valence electrons. The van der Waals surface area contributed by atoms with Gasteiger partial charge in [-0.25, -0.2) is 0 Å². The van der Waals surface area contributed by atoms with Crippen LogP contribution in [0.4, 0.5) is 0 Å². The average molecular weight is 847 g/mol. The number of aromatic nitrogens is 2. The van der Waals surface area contributed by atoms with Crippen LogP contribution in [0.5, 0.6) is 0 Å². The Morgan fingerprint density at radius 1 is 0.600 bits per heavy atom. The molecule has 5 heterocycles. The standard InChI is InChI=1S/C55H52BN2OSe/c1-31-15-19-38-37-20-16-32(25-46(37)59-52(38)49(31)44-14-12-13-23-57(44)11)33-24-45-50-48(26-33)60-47-22-18-35(54(5,6)7)29-41(47)56(50)42-30-36(55(8,9)10)28-40-39-27-34(53(2,3)4)17-21-43(39)58(45)51(40)42/h12-30H,1-11H3/q+1. The molecule has 11 rings (SSSR count). The van der Waals surface area contributed by atoms with Crippen molar-refractivity contribution in [3.05, 3.63) is 138 Å². The molecule has 5 heteroatoms. The number of rotatable bonds is 2. The van der Waals surface area contributed by atoms with Gasteiger partial charge in [-0.15, -0.1) is 0 Å². The maximum atomic E-state index is 6.92. The van der Waals surface area contributed by atoms with Gasteiger partial charge in [-0.05, 0) is 0 Å².